The van der Waals surface area contributed by atoms with E-state index in [0.29, 0.717) is 5.56 Å². The van der Waals surface area contributed by atoms with Gasteiger partial charge < -0.3 is 47.6 Å². The lowest BCUT2D eigenvalue weighted by atomic mass is 10.00. The van der Waals surface area contributed by atoms with Crippen LogP contribution in [0.25, 0.3) is 10.8 Å². The van der Waals surface area contributed by atoms with Gasteiger partial charge in [0.2, 0.25) is 35.4 Å². The summed E-state index contributed by atoms with van der Waals surface area (Å²) in [5, 5.41) is 27.6. The Labute approximate surface area is 313 Å². The first kappa shape index (κ1) is 40.6. The number of benzene rings is 3. The van der Waals surface area contributed by atoms with Gasteiger partial charge in [0.05, 0.1) is 6.54 Å². The van der Waals surface area contributed by atoms with Crippen LogP contribution >= 0.6 is 0 Å². The topological polar surface area (TPSA) is 241 Å². The Kier molecular flexibility index (Phi) is 14.7. The standard InChI is InChI=1S/C38H48N8O8/c1-23(47)40-17-6-10-32-36(52)44-29(9-5-18-41-38(39)54)35(51)45-30(21-25-11-14-26-7-3-4-8-27(26)19-25)34(50)42-22-33(49)43-31(37(53)46(32)2)20-24-12-15-28(48)16-13-24/h3-4,7-8,11-16,19,29-32,48H,5-6,9-10,17-18,20-22H2,1-2H3,(H,40,47)(H,42,50)(H,43,49)(H,44,52)(H,45,51)(H3,39,41,54)/t29-,30-,31+,32+/m0/s1. The highest BCUT2D eigenvalue weighted by Gasteiger charge is 2.35. The van der Waals surface area contributed by atoms with Crippen molar-refractivity contribution in [1.29, 1.82) is 0 Å². The third-order valence-electron chi connectivity index (χ3n) is 9.07. The molecule has 288 valence electrons. The van der Waals surface area contributed by atoms with Crippen molar-refractivity contribution >= 4 is 52.2 Å². The smallest absolute Gasteiger partial charge is 0.312 e. The molecule has 54 heavy (non-hydrogen) atoms. The van der Waals surface area contributed by atoms with Gasteiger partial charge in [0.15, 0.2) is 0 Å². The molecule has 0 unspecified atom stereocenters. The molecule has 0 saturated carbocycles. The first-order valence-corrected chi connectivity index (χ1v) is 17.8. The van der Waals surface area contributed by atoms with Gasteiger partial charge in [-0.05, 0) is 59.7 Å². The largest absolute Gasteiger partial charge is 0.508 e. The van der Waals surface area contributed by atoms with Crippen LogP contribution in [-0.4, -0.2) is 102 Å². The van der Waals surface area contributed by atoms with Gasteiger partial charge >= 0.3 is 6.03 Å². The van der Waals surface area contributed by atoms with E-state index in [0.717, 1.165) is 16.3 Å². The maximum atomic E-state index is 14.1. The predicted molar refractivity (Wildman–Crippen MR) is 200 cm³/mol. The summed E-state index contributed by atoms with van der Waals surface area (Å²) in [6, 6.07) is 13.9. The van der Waals surface area contributed by atoms with E-state index in [1.165, 1.54) is 31.0 Å². The van der Waals surface area contributed by atoms with Crippen molar-refractivity contribution in [2.45, 2.75) is 69.6 Å². The first-order chi connectivity index (χ1) is 25.8. The van der Waals surface area contributed by atoms with Crippen LogP contribution in [-0.2, 0) is 41.6 Å². The number of fused-ring (bicyclic) bond motifs is 1. The lowest BCUT2D eigenvalue weighted by molar-refractivity contribution is -0.142. The fourth-order valence-electron chi connectivity index (χ4n) is 6.20. The summed E-state index contributed by atoms with van der Waals surface area (Å²) in [6.07, 6.45) is 0.653. The number of hydrogen-bond acceptors (Lipinski definition) is 8. The maximum Gasteiger partial charge on any atom is 0.312 e. The van der Waals surface area contributed by atoms with Crippen molar-refractivity contribution in [2.75, 3.05) is 26.7 Å². The lowest BCUT2D eigenvalue weighted by Crippen LogP contribution is -2.58. The summed E-state index contributed by atoms with van der Waals surface area (Å²) in [6.45, 7) is 1.14. The number of rotatable bonds is 12. The molecule has 0 spiro atoms. The van der Waals surface area contributed by atoms with E-state index >= 15 is 0 Å². The minimum Gasteiger partial charge on any atom is -0.508 e. The third-order valence-corrected chi connectivity index (χ3v) is 9.07. The molecule has 1 aliphatic rings. The second kappa shape index (κ2) is 19.6. The van der Waals surface area contributed by atoms with E-state index in [9.17, 15) is 38.7 Å². The molecule has 0 bridgehead atoms. The number of amides is 8. The van der Waals surface area contributed by atoms with E-state index in [4.69, 9.17) is 5.73 Å². The molecule has 16 nitrogen and oxygen atoms in total. The van der Waals surface area contributed by atoms with Gasteiger partial charge in [-0.25, -0.2) is 4.79 Å². The first-order valence-electron chi connectivity index (χ1n) is 17.8. The molecule has 9 N–H and O–H groups in total. The monoisotopic (exact) mass is 744 g/mol. The molecule has 0 aliphatic carbocycles. The zero-order valence-corrected chi connectivity index (χ0v) is 30.4. The van der Waals surface area contributed by atoms with Crippen molar-refractivity contribution in [3.05, 3.63) is 77.9 Å². The van der Waals surface area contributed by atoms with Gasteiger partial charge in [-0.2, -0.15) is 0 Å². The van der Waals surface area contributed by atoms with Gasteiger partial charge in [-0.1, -0.05) is 54.6 Å². The van der Waals surface area contributed by atoms with Gasteiger partial charge in [-0.15, -0.1) is 0 Å². The molecule has 4 atom stereocenters. The van der Waals surface area contributed by atoms with Crippen LogP contribution in [0.4, 0.5) is 4.79 Å². The average molecular weight is 745 g/mol. The molecule has 3 aromatic carbocycles. The number of carbonyl (C=O) groups excluding carboxylic acids is 7. The molecule has 1 fully saturated rings. The molecular weight excluding hydrogens is 696 g/mol. The Morgan fingerprint density at radius 3 is 2.09 bits per heavy atom. The fourth-order valence-corrected chi connectivity index (χ4v) is 6.20. The summed E-state index contributed by atoms with van der Waals surface area (Å²) in [5.74, 6) is -3.63. The second-order valence-electron chi connectivity index (χ2n) is 13.2. The van der Waals surface area contributed by atoms with Gasteiger partial charge in [0.25, 0.3) is 0 Å². The Hall–Kier alpha value is -6.19. The molecule has 16 heteroatoms. The predicted octanol–water partition coefficient (Wildman–Crippen LogP) is 0.107. The fraction of sp³-hybridized carbons (Fsp3) is 0.395. The lowest BCUT2D eigenvalue weighted by Gasteiger charge is -2.32. The van der Waals surface area contributed by atoms with Crippen LogP contribution in [0.2, 0.25) is 0 Å². The third kappa shape index (κ3) is 12.2. The van der Waals surface area contributed by atoms with E-state index < -0.39 is 66.3 Å². The van der Waals surface area contributed by atoms with Crippen molar-refractivity contribution in [3.8, 4) is 5.75 Å². The number of nitrogens with two attached hydrogens (primary N) is 1. The quantitative estimate of drug-likeness (QED) is 0.118. The minimum absolute atomic E-state index is 0.00767. The van der Waals surface area contributed by atoms with Crippen LogP contribution in [0, 0.1) is 0 Å². The molecule has 1 saturated heterocycles. The summed E-state index contributed by atoms with van der Waals surface area (Å²) in [4.78, 5) is 93.3. The molecule has 8 amide bonds. The van der Waals surface area contributed by atoms with Gasteiger partial charge in [0, 0.05) is 39.9 Å². The highest BCUT2D eigenvalue weighted by molar-refractivity contribution is 5.97. The molecule has 0 aromatic heterocycles. The Balaban J connectivity index is 1.70. The van der Waals surface area contributed by atoms with Crippen LogP contribution in [0.5, 0.6) is 5.75 Å². The van der Waals surface area contributed by atoms with Gasteiger partial charge in [0.1, 0.15) is 29.9 Å². The number of hydrogen-bond donors (Lipinski definition) is 8. The number of likely N-dealkylation sites (N-methyl/N-ethyl adjacent to an activating group) is 1. The summed E-state index contributed by atoms with van der Waals surface area (Å²) >= 11 is 0. The number of phenols is 1. The number of nitrogens with one attached hydrogen (secondary N) is 6. The highest BCUT2D eigenvalue weighted by atomic mass is 16.3. The van der Waals surface area contributed by atoms with E-state index in [2.05, 4.69) is 31.9 Å². The normalized spacial score (nSPS) is 20.1. The van der Waals surface area contributed by atoms with Crippen molar-refractivity contribution < 1.29 is 38.7 Å². The number of carbonyl (C=O) groups is 7. The average Bonchev–Trinajstić information content (AvgIpc) is 3.14. The number of primary amides is 1. The van der Waals surface area contributed by atoms with Crippen LogP contribution < -0.4 is 37.6 Å². The molecular formula is C38H48N8O8. The van der Waals surface area contributed by atoms with Gasteiger partial charge in [-0.3, -0.25) is 28.8 Å². The Bertz CT molecular complexity index is 1840. The zero-order chi connectivity index (χ0) is 39.2. The molecule has 1 aliphatic heterocycles. The minimum atomic E-state index is -1.21. The SMILES string of the molecule is CC(=O)NCCC[C@@H]1C(=O)N[C@@H](CCCNC(N)=O)C(=O)N[C@@H](Cc2ccc3ccccc3c2)C(=O)NCC(=O)N[C@H](Cc2ccc(O)cc2)C(=O)N1C. The molecule has 4 rings (SSSR count). The number of aromatic hydroxyl groups is 1. The maximum absolute atomic E-state index is 14.1. The number of nitrogens with zero attached hydrogens (tertiary/aromatic N) is 1. The molecule has 1 heterocycles. The van der Waals surface area contributed by atoms with E-state index in [-0.39, 0.29) is 63.3 Å². The van der Waals surface area contributed by atoms with Crippen LogP contribution in [0.3, 0.4) is 0 Å². The summed E-state index contributed by atoms with van der Waals surface area (Å²) in [7, 11) is 1.41. The number of urea groups is 1. The molecule has 0 radical (unpaired) electrons. The summed E-state index contributed by atoms with van der Waals surface area (Å²) in [5.41, 5.74) is 6.54. The number of phenolic OH excluding ortho intramolecular Hbond substituents is 1. The van der Waals surface area contributed by atoms with E-state index in [1.807, 2.05) is 42.5 Å². The molecule has 3 aromatic rings. The van der Waals surface area contributed by atoms with Crippen molar-refractivity contribution in [3.63, 3.8) is 0 Å². The zero-order valence-electron chi connectivity index (χ0n) is 30.4. The van der Waals surface area contributed by atoms with Crippen LogP contribution in [0.1, 0.15) is 43.7 Å². The second-order valence-corrected chi connectivity index (χ2v) is 13.2. The Morgan fingerprint density at radius 2 is 1.39 bits per heavy atom. The highest BCUT2D eigenvalue weighted by Crippen LogP contribution is 2.18. The van der Waals surface area contributed by atoms with Crippen molar-refractivity contribution in [2.24, 2.45) is 5.73 Å². The van der Waals surface area contributed by atoms with Crippen molar-refractivity contribution in [1.82, 2.24) is 36.8 Å². The van der Waals surface area contributed by atoms with Crippen LogP contribution in [0.15, 0.2) is 66.7 Å². The Morgan fingerprint density at radius 1 is 0.759 bits per heavy atom. The summed E-state index contributed by atoms with van der Waals surface area (Å²) < 4.78 is 0. The van der Waals surface area contributed by atoms with E-state index in [1.54, 1.807) is 12.1 Å².